The summed E-state index contributed by atoms with van der Waals surface area (Å²) in [5.74, 6) is 0. The minimum atomic E-state index is 0.502. The van der Waals surface area contributed by atoms with Crippen molar-refractivity contribution in [1.82, 2.24) is 15.0 Å². The van der Waals surface area contributed by atoms with Gasteiger partial charge in [0.05, 0.1) is 10.9 Å². The average molecular weight is 280 g/mol. The van der Waals surface area contributed by atoms with E-state index >= 15 is 0 Å². The fourth-order valence-electron chi connectivity index (χ4n) is 1.87. The van der Waals surface area contributed by atoms with Gasteiger partial charge in [0.2, 0.25) is 5.39 Å². The van der Waals surface area contributed by atoms with Crippen molar-refractivity contribution in [3.63, 3.8) is 0 Å². The maximum Gasteiger partial charge on any atom is 0.394 e. The van der Waals surface area contributed by atoms with Gasteiger partial charge in [-0.2, -0.15) is 0 Å². The summed E-state index contributed by atoms with van der Waals surface area (Å²) in [6, 6.07) is 9.16. The van der Waals surface area contributed by atoms with E-state index in [1.54, 1.807) is 18.5 Å². The second-order valence-electron chi connectivity index (χ2n) is 4.17. The first-order valence-electron chi connectivity index (χ1n) is 5.98. The van der Waals surface area contributed by atoms with Crippen LogP contribution in [0, 0.1) is 12.3 Å². The van der Waals surface area contributed by atoms with Gasteiger partial charge in [0.1, 0.15) is 0 Å². The zero-order valence-electron chi connectivity index (χ0n) is 10.7. The number of hydrogen-bond acceptors (Lipinski definition) is 5. The maximum atomic E-state index is 9.02. The molecule has 0 saturated heterocycles. The van der Waals surface area contributed by atoms with Gasteiger partial charge < -0.3 is 0 Å². The predicted octanol–water partition coefficient (Wildman–Crippen LogP) is 3.97. The molecule has 1 aromatic carbocycles. The Bertz CT molecular complexity index is 825. The van der Waals surface area contributed by atoms with Crippen molar-refractivity contribution in [2.75, 3.05) is 0 Å². The first-order valence-corrected chi connectivity index (χ1v) is 6.80. The molecule has 0 unspecified atom stereocenters. The smallest absolute Gasteiger partial charge is 0.255 e. The highest BCUT2D eigenvalue weighted by Crippen LogP contribution is 2.35. The molecule has 2 heterocycles. The summed E-state index contributed by atoms with van der Waals surface area (Å²) in [7, 11) is 0. The van der Waals surface area contributed by atoms with Gasteiger partial charge >= 0.3 is 5.69 Å². The van der Waals surface area contributed by atoms with Crippen molar-refractivity contribution < 1.29 is 0 Å². The highest BCUT2D eigenvalue weighted by Gasteiger charge is 2.16. The number of nitrogens with zero attached hydrogens (tertiary/aromatic N) is 5. The third-order valence-electron chi connectivity index (χ3n) is 2.79. The van der Waals surface area contributed by atoms with Gasteiger partial charge in [0.15, 0.2) is 10.1 Å². The Labute approximate surface area is 119 Å². The van der Waals surface area contributed by atoms with E-state index in [1.807, 2.05) is 31.2 Å². The first kappa shape index (κ1) is 12.5. The molecule has 3 aromatic rings. The molecule has 0 aliphatic rings. The molecule has 96 valence electrons. The third kappa shape index (κ3) is 2.31. The highest BCUT2D eigenvalue weighted by molar-refractivity contribution is 7.99. The molecule has 5 nitrogen and oxygen atoms in total. The van der Waals surface area contributed by atoms with Gasteiger partial charge in [-0.3, -0.25) is 4.98 Å². The number of fused-ring (bicyclic) bond motifs is 1. The SMILES string of the molecule is Cc1ccnc(Sc2ccc([N+]#N)c3cccnc23)n1. The van der Waals surface area contributed by atoms with Gasteiger partial charge in [0, 0.05) is 29.0 Å². The molecule has 0 radical (unpaired) electrons. The molecule has 0 amide bonds. The predicted molar refractivity (Wildman–Crippen MR) is 77.4 cm³/mol. The zero-order chi connectivity index (χ0) is 13.9. The molecule has 0 aliphatic heterocycles. The number of hydrogen-bond donors (Lipinski definition) is 0. The summed E-state index contributed by atoms with van der Waals surface area (Å²) in [6.07, 6.45) is 3.45. The maximum absolute atomic E-state index is 9.02. The van der Waals surface area contributed by atoms with Crippen molar-refractivity contribution in [3.8, 4) is 0 Å². The van der Waals surface area contributed by atoms with Gasteiger partial charge in [-0.05, 0) is 43.0 Å². The fraction of sp³-hybridized carbons (Fsp3) is 0.0714. The van der Waals surface area contributed by atoms with Crippen LogP contribution in [-0.4, -0.2) is 15.0 Å². The summed E-state index contributed by atoms with van der Waals surface area (Å²) >= 11 is 1.44. The molecule has 0 saturated carbocycles. The van der Waals surface area contributed by atoms with E-state index < -0.39 is 0 Å². The van der Waals surface area contributed by atoms with Gasteiger partial charge in [-0.1, -0.05) is 0 Å². The molecule has 2 aromatic heterocycles. The Morgan fingerprint density at radius 3 is 2.80 bits per heavy atom. The van der Waals surface area contributed by atoms with Crippen molar-refractivity contribution in [1.29, 1.82) is 5.39 Å². The van der Waals surface area contributed by atoms with Crippen molar-refractivity contribution >= 4 is 28.4 Å². The summed E-state index contributed by atoms with van der Waals surface area (Å²) in [6.45, 7) is 1.93. The molecule has 0 fully saturated rings. The van der Waals surface area contributed by atoms with Crippen molar-refractivity contribution in [3.05, 3.63) is 53.4 Å². The molecule has 0 N–H and O–H groups in total. The lowest BCUT2D eigenvalue weighted by atomic mass is 10.2. The minimum Gasteiger partial charge on any atom is -0.255 e. The van der Waals surface area contributed by atoms with E-state index in [-0.39, 0.29) is 0 Å². The second-order valence-corrected chi connectivity index (χ2v) is 5.17. The monoisotopic (exact) mass is 280 g/mol. The van der Waals surface area contributed by atoms with Crippen LogP contribution < -0.4 is 0 Å². The summed E-state index contributed by atoms with van der Waals surface area (Å²) in [4.78, 5) is 17.2. The van der Waals surface area contributed by atoms with E-state index in [0.717, 1.165) is 21.5 Å². The number of benzene rings is 1. The van der Waals surface area contributed by atoms with Crippen LogP contribution in [0.4, 0.5) is 5.69 Å². The van der Waals surface area contributed by atoms with Crippen molar-refractivity contribution in [2.45, 2.75) is 17.0 Å². The van der Waals surface area contributed by atoms with Crippen LogP contribution in [0.2, 0.25) is 0 Å². The number of aryl methyl sites for hydroxylation is 1. The van der Waals surface area contributed by atoms with Crippen LogP contribution in [0.5, 0.6) is 0 Å². The summed E-state index contributed by atoms with van der Waals surface area (Å²) in [5, 5.41) is 10.5. The molecule has 6 heteroatoms. The zero-order valence-corrected chi connectivity index (χ0v) is 11.5. The molecule has 0 aliphatic carbocycles. The second kappa shape index (κ2) is 5.23. The number of rotatable bonds is 2. The molecule has 0 spiro atoms. The molecule has 20 heavy (non-hydrogen) atoms. The van der Waals surface area contributed by atoms with Crippen molar-refractivity contribution in [2.24, 2.45) is 0 Å². The molecular formula is C14H10N5S+. The number of aromatic nitrogens is 3. The number of pyridine rings is 1. The molecule has 0 bridgehead atoms. The Morgan fingerprint density at radius 2 is 2.00 bits per heavy atom. The van der Waals surface area contributed by atoms with Gasteiger partial charge in [-0.15, -0.1) is 0 Å². The quantitative estimate of drug-likeness (QED) is 0.525. The van der Waals surface area contributed by atoms with Crippen LogP contribution in [0.3, 0.4) is 0 Å². The number of diazo groups is 1. The lowest BCUT2D eigenvalue weighted by Crippen LogP contribution is -1.89. The Balaban J connectivity index is 2.11. The highest BCUT2D eigenvalue weighted by atomic mass is 32.2. The van der Waals surface area contributed by atoms with E-state index in [4.69, 9.17) is 5.39 Å². The topological polar surface area (TPSA) is 66.8 Å². The standard InChI is InChI=1S/C14H10N5S/c1-9-6-8-17-14(18-9)20-12-5-4-11(19-15)10-3-2-7-16-13(10)12/h2-8H,1H3/q+1. The lowest BCUT2D eigenvalue weighted by Gasteiger charge is -2.03. The van der Waals surface area contributed by atoms with Crippen LogP contribution >= 0.6 is 11.8 Å². The van der Waals surface area contributed by atoms with E-state index in [0.29, 0.717) is 10.8 Å². The lowest BCUT2D eigenvalue weighted by molar-refractivity contribution is 0.932. The first-order chi connectivity index (χ1) is 9.78. The average Bonchev–Trinajstić information content (AvgIpc) is 2.48. The van der Waals surface area contributed by atoms with E-state index in [2.05, 4.69) is 19.9 Å². The van der Waals surface area contributed by atoms with E-state index in [9.17, 15) is 0 Å². The third-order valence-corrected chi connectivity index (χ3v) is 3.72. The molecular weight excluding hydrogens is 270 g/mol. The summed E-state index contributed by atoms with van der Waals surface area (Å²) < 4.78 is 0. The largest absolute Gasteiger partial charge is 0.394 e. The Hall–Kier alpha value is -2.52. The van der Waals surface area contributed by atoms with E-state index in [1.165, 1.54) is 11.8 Å². The van der Waals surface area contributed by atoms with Crippen LogP contribution in [-0.2, 0) is 0 Å². The van der Waals surface area contributed by atoms with Gasteiger partial charge in [0.25, 0.3) is 0 Å². The van der Waals surface area contributed by atoms with Gasteiger partial charge in [-0.25, -0.2) is 9.97 Å². The van der Waals surface area contributed by atoms with Crippen LogP contribution in [0.15, 0.2) is 52.8 Å². The van der Waals surface area contributed by atoms with Crippen LogP contribution in [0.1, 0.15) is 5.69 Å². The Kier molecular flexibility index (Phi) is 3.27. The Morgan fingerprint density at radius 1 is 1.10 bits per heavy atom. The molecule has 0 atom stereocenters. The fourth-order valence-corrected chi connectivity index (χ4v) is 2.77. The minimum absolute atomic E-state index is 0.502. The summed E-state index contributed by atoms with van der Waals surface area (Å²) in [5.41, 5.74) is 2.20. The normalized spacial score (nSPS) is 10.4. The van der Waals surface area contributed by atoms with Crippen LogP contribution in [0.25, 0.3) is 15.9 Å². The molecule has 3 rings (SSSR count).